The van der Waals surface area contributed by atoms with Crippen molar-refractivity contribution in [3.63, 3.8) is 0 Å². The Labute approximate surface area is 138 Å². The maximum Gasteiger partial charge on any atom is 0.234 e. The summed E-state index contributed by atoms with van der Waals surface area (Å²) in [5.74, 6) is 0.0915. The van der Waals surface area contributed by atoms with Crippen molar-refractivity contribution in [1.29, 1.82) is 0 Å². The number of carbonyl (C=O) groups is 2. The van der Waals surface area contributed by atoms with E-state index in [2.05, 4.69) is 12.2 Å². The largest absolute Gasteiger partial charge is 0.278 e. The summed E-state index contributed by atoms with van der Waals surface area (Å²) < 4.78 is 0. The van der Waals surface area contributed by atoms with Crippen LogP contribution >= 0.6 is 23.2 Å². The van der Waals surface area contributed by atoms with Gasteiger partial charge in [-0.3, -0.25) is 14.5 Å². The lowest BCUT2D eigenvalue weighted by molar-refractivity contribution is -0.140. The average Bonchev–Trinajstić information content (AvgIpc) is 2.79. The van der Waals surface area contributed by atoms with Gasteiger partial charge in [0.1, 0.15) is 0 Å². The minimum Gasteiger partial charge on any atom is -0.278 e. The molecule has 3 nitrogen and oxygen atoms in total. The summed E-state index contributed by atoms with van der Waals surface area (Å²) in [5, 5.41) is 0.915. The molecule has 1 aromatic carbocycles. The summed E-state index contributed by atoms with van der Waals surface area (Å²) in [4.78, 5) is 26.8. The average molecular weight is 336 g/mol. The van der Waals surface area contributed by atoms with E-state index in [0.29, 0.717) is 10.0 Å². The first kappa shape index (κ1) is 14.3. The lowest BCUT2D eigenvalue weighted by Crippen LogP contribution is -2.38. The maximum absolute atomic E-state index is 12.7. The Balaban J connectivity index is 1.62. The van der Waals surface area contributed by atoms with Crippen molar-refractivity contribution in [2.75, 3.05) is 0 Å². The molecule has 0 unspecified atom stereocenters. The number of amides is 2. The van der Waals surface area contributed by atoms with E-state index in [4.69, 9.17) is 23.2 Å². The number of hydrogen-bond donors (Lipinski definition) is 0. The van der Waals surface area contributed by atoms with Gasteiger partial charge in [0.25, 0.3) is 0 Å². The van der Waals surface area contributed by atoms with E-state index >= 15 is 0 Å². The van der Waals surface area contributed by atoms with Crippen LogP contribution in [0.5, 0.6) is 0 Å². The van der Waals surface area contributed by atoms with Crippen molar-refractivity contribution in [1.82, 2.24) is 4.90 Å². The maximum atomic E-state index is 12.7. The van der Waals surface area contributed by atoms with Crippen LogP contribution in [-0.4, -0.2) is 16.7 Å². The molecule has 1 saturated heterocycles. The van der Waals surface area contributed by atoms with Gasteiger partial charge in [0.15, 0.2) is 0 Å². The van der Waals surface area contributed by atoms with Gasteiger partial charge in [-0.15, -0.1) is 0 Å². The molecular weight excluding hydrogens is 321 g/mol. The minimum atomic E-state index is -0.154. The molecule has 1 aliphatic heterocycles. The van der Waals surface area contributed by atoms with E-state index in [0.717, 1.165) is 18.4 Å². The number of halogens is 2. The predicted octanol–water partition coefficient (Wildman–Crippen LogP) is 3.69. The Morgan fingerprint density at radius 3 is 2.05 bits per heavy atom. The lowest BCUT2D eigenvalue weighted by atomic mass is 9.63. The van der Waals surface area contributed by atoms with E-state index in [1.165, 1.54) is 4.90 Å². The predicted molar refractivity (Wildman–Crippen MR) is 84.4 cm³/mol. The second-order valence-corrected chi connectivity index (χ2v) is 7.17. The molecule has 114 valence electrons. The number of likely N-dealkylation sites (tertiary alicyclic amines) is 1. The Morgan fingerprint density at radius 2 is 1.55 bits per heavy atom. The summed E-state index contributed by atoms with van der Waals surface area (Å²) >= 11 is 11.9. The number of imide groups is 1. The molecule has 1 heterocycles. The first-order valence-corrected chi connectivity index (χ1v) is 8.29. The van der Waals surface area contributed by atoms with E-state index in [1.807, 2.05) is 6.07 Å². The Kier molecular flexibility index (Phi) is 3.31. The highest BCUT2D eigenvalue weighted by Crippen LogP contribution is 2.49. The first-order valence-electron chi connectivity index (χ1n) is 7.54. The van der Waals surface area contributed by atoms with Crippen LogP contribution in [0.4, 0.5) is 0 Å². The van der Waals surface area contributed by atoms with E-state index in [9.17, 15) is 9.59 Å². The van der Waals surface area contributed by atoms with E-state index in [1.54, 1.807) is 12.1 Å². The van der Waals surface area contributed by atoms with E-state index in [-0.39, 0.29) is 42.0 Å². The number of fused-ring (bicyclic) bond motifs is 1. The van der Waals surface area contributed by atoms with E-state index < -0.39 is 0 Å². The summed E-state index contributed by atoms with van der Waals surface area (Å²) in [7, 11) is 0. The van der Waals surface area contributed by atoms with Crippen molar-refractivity contribution in [2.24, 2.45) is 23.7 Å². The summed E-state index contributed by atoms with van der Waals surface area (Å²) in [6, 6.07) is 5.23. The molecule has 3 aliphatic carbocycles. The molecular formula is C17H15Cl2NO2. The SMILES string of the molecule is O=C1[C@@H]2[C@H](C(=O)N1Cc1ccc(Cl)c(Cl)c1)[C@H]1C=C[C@H]2CC1. The molecule has 4 aliphatic rings. The van der Waals surface area contributed by atoms with Crippen LogP contribution in [0.15, 0.2) is 30.4 Å². The molecule has 0 N–H and O–H groups in total. The molecule has 5 rings (SSSR count). The normalized spacial score (nSPS) is 32.7. The van der Waals surface area contributed by atoms with Gasteiger partial charge in [0, 0.05) is 0 Å². The topological polar surface area (TPSA) is 37.4 Å². The van der Waals surface area contributed by atoms with Gasteiger partial charge in [0.2, 0.25) is 11.8 Å². The number of benzene rings is 1. The molecule has 22 heavy (non-hydrogen) atoms. The fraction of sp³-hybridized carbons (Fsp3) is 0.412. The van der Waals surface area contributed by atoms with Crippen molar-refractivity contribution in [2.45, 2.75) is 19.4 Å². The monoisotopic (exact) mass is 335 g/mol. The molecule has 5 heteroatoms. The van der Waals surface area contributed by atoms with Gasteiger partial charge in [-0.1, -0.05) is 41.4 Å². The minimum absolute atomic E-state index is 0.0277. The van der Waals surface area contributed by atoms with Crippen LogP contribution in [0.25, 0.3) is 0 Å². The van der Waals surface area contributed by atoms with Crippen LogP contribution in [-0.2, 0) is 16.1 Å². The number of allylic oxidation sites excluding steroid dienone is 2. The Morgan fingerprint density at radius 1 is 0.955 bits per heavy atom. The van der Waals surface area contributed by atoms with Crippen LogP contribution in [0.3, 0.4) is 0 Å². The molecule has 2 amide bonds. The van der Waals surface area contributed by atoms with Crippen molar-refractivity contribution in [3.8, 4) is 0 Å². The zero-order chi connectivity index (χ0) is 15.4. The van der Waals surface area contributed by atoms with Gasteiger partial charge < -0.3 is 0 Å². The summed E-state index contributed by atoms with van der Waals surface area (Å²) in [6.45, 7) is 0.279. The first-order chi connectivity index (χ1) is 10.6. The quantitative estimate of drug-likeness (QED) is 0.610. The highest BCUT2D eigenvalue weighted by Gasteiger charge is 2.56. The number of hydrogen-bond acceptors (Lipinski definition) is 2. The smallest absolute Gasteiger partial charge is 0.234 e. The van der Waals surface area contributed by atoms with Gasteiger partial charge in [0.05, 0.1) is 28.4 Å². The highest BCUT2D eigenvalue weighted by molar-refractivity contribution is 6.42. The second kappa shape index (κ2) is 5.10. The highest BCUT2D eigenvalue weighted by atomic mass is 35.5. The number of nitrogens with zero attached hydrogens (tertiary/aromatic N) is 1. The summed E-state index contributed by atoms with van der Waals surface area (Å²) in [6.07, 6.45) is 6.29. The van der Waals surface area contributed by atoms with Crippen molar-refractivity contribution in [3.05, 3.63) is 46.0 Å². The lowest BCUT2D eigenvalue weighted by Gasteiger charge is -2.38. The molecule has 0 spiro atoms. The second-order valence-electron chi connectivity index (χ2n) is 6.35. The molecule has 2 bridgehead atoms. The number of carbonyl (C=O) groups excluding carboxylic acids is 2. The molecule has 0 aromatic heterocycles. The molecule has 4 atom stereocenters. The van der Waals surface area contributed by atoms with Crippen LogP contribution in [0.1, 0.15) is 18.4 Å². The third-order valence-electron chi connectivity index (χ3n) is 5.18. The van der Waals surface area contributed by atoms with Gasteiger partial charge in [-0.05, 0) is 42.4 Å². The Bertz CT molecular complexity index is 668. The van der Waals surface area contributed by atoms with Crippen molar-refractivity contribution < 1.29 is 9.59 Å². The summed E-state index contributed by atoms with van der Waals surface area (Å²) in [5.41, 5.74) is 0.829. The zero-order valence-corrected chi connectivity index (χ0v) is 13.3. The van der Waals surface area contributed by atoms with Gasteiger partial charge in [-0.25, -0.2) is 0 Å². The zero-order valence-electron chi connectivity index (χ0n) is 11.8. The third-order valence-corrected chi connectivity index (χ3v) is 5.91. The Hall–Kier alpha value is -1.32. The molecule has 1 aromatic rings. The molecule has 2 fully saturated rings. The molecule has 0 radical (unpaired) electrons. The fourth-order valence-electron chi connectivity index (χ4n) is 4.11. The van der Waals surface area contributed by atoms with Crippen LogP contribution in [0.2, 0.25) is 10.0 Å². The van der Waals surface area contributed by atoms with Gasteiger partial charge >= 0.3 is 0 Å². The van der Waals surface area contributed by atoms with Crippen molar-refractivity contribution >= 4 is 35.0 Å². The van der Waals surface area contributed by atoms with Gasteiger partial charge in [-0.2, -0.15) is 0 Å². The molecule has 1 saturated carbocycles. The third kappa shape index (κ3) is 2.03. The number of rotatable bonds is 2. The van der Waals surface area contributed by atoms with Crippen LogP contribution < -0.4 is 0 Å². The van der Waals surface area contributed by atoms with Crippen LogP contribution in [0, 0.1) is 23.7 Å². The fourth-order valence-corrected chi connectivity index (χ4v) is 4.43. The standard InChI is InChI=1S/C17H15Cl2NO2/c18-12-6-1-9(7-13(12)19)8-20-16(21)14-10-2-3-11(5-4-10)15(14)17(20)22/h1-3,6-7,10-11,14-15H,4-5,8H2/t10-,11-,14-,15+/m0/s1.